The number of carbonyl (C=O) groups excluding carboxylic acids is 2. The first-order valence-electron chi connectivity index (χ1n) is 12.8. The molecule has 41 heavy (non-hydrogen) atoms. The van der Waals surface area contributed by atoms with Crippen LogP contribution in [0.25, 0.3) is 11.4 Å². The minimum Gasteiger partial charge on any atom is -0.496 e. The Morgan fingerprint density at radius 3 is 2.54 bits per heavy atom. The zero-order valence-electron chi connectivity index (χ0n) is 22.5. The molecule has 2 aliphatic heterocycles. The van der Waals surface area contributed by atoms with Crippen LogP contribution >= 0.6 is 23.2 Å². The fraction of sp³-hybridized carbons (Fsp3) is 0.241. The molecule has 2 aromatic carbocycles. The molecule has 0 bridgehead atoms. The lowest BCUT2D eigenvalue weighted by Gasteiger charge is -2.36. The molecule has 2 aromatic heterocycles. The number of ether oxygens (including phenoxy) is 2. The molecule has 2 amide bonds. The number of benzene rings is 2. The van der Waals surface area contributed by atoms with E-state index in [0.717, 1.165) is 11.0 Å². The van der Waals surface area contributed by atoms with Gasteiger partial charge in [0.15, 0.2) is 11.2 Å². The Labute approximate surface area is 244 Å². The van der Waals surface area contributed by atoms with Crippen molar-refractivity contribution in [2.24, 2.45) is 0 Å². The minimum atomic E-state index is -1.82. The summed E-state index contributed by atoms with van der Waals surface area (Å²) < 4.78 is 28.4. The van der Waals surface area contributed by atoms with Gasteiger partial charge in [-0.3, -0.25) is 14.5 Å². The van der Waals surface area contributed by atoms with Crippen LogP contribution in [0, 0.1) is 5.82 Å². The van der Waals surface area contributed by atoms with E-state index in [4.69, 9.17) is 37.7 Å². The standard InChI is InChI=1S/C29H24Cl2FN5O4/c1-5-41-23-12-22(40-4)17(13-33-23)26-35-24-25(36(26)14(2)3)29(18-8-6-15(30)10-20(18)34-28(29)39)37(27(24)38)21-11-16(31)7-9-19(21)32/h6-14H,5H2,1-4H3,(H,34,39). The van der Waals surface area contributed by atoms with E-state index < -0.39 is 23.2 Å². The van der Waals surface area contributed by atoms with Crippen molar-refractivity contribution >= 4 is 46.4 Å². The van der Waals surface area contributed by atoms with E-state index in [1.807, 2.05) is 20.8 Å². The number of pyridine rings is 1. The molecule has 1 atom stereocenters. The molecule has 0 radical (unpaired) electrons. The van der Waals surface area contributed by atoms with Crippen molar-refractivity contribution in [1.82, 2.24) is 14.5 Å². The summed E-state index contributed by atoms with van der Waals surface area (Å²) in [5.74, 6) is -0.831. The van der Waals surface area contributed by atoms with Gasteiger partial charge in [-0.15, -0.1) is 0 Å². The van der Waals surface area contributed by atoms with Crippen LogP contribution in [-0.2, 0) is 10.3 Å². The summed E-state index contributed by atoms with van der Waals surface area (Å²) in [5, 5.41) is 3.44. The third-order valence-corrected chi connectivity index (χ3v) is 7.67. The number of aromatic nitrogens is 3. The summed E-state index contributed by atoms with van der Waals surface area (Å²) in [6.07, 6.45) is 1.55. The highest BCUT2D eigenvalue weighted by Gasteiger charge is 2.64. The number of amides is 2. The molecular weight excluding hydrogens is 572 g/mol. The third kappa shape index (κ3) is 3.81. The Morgan fingerprint density at radius 1 is 1.10 bits per heavy atom. The lowest BCUT2D eigenvalue weighted by molar-refractivity contribution is -0.119. The molecule has 210 valence electrons. The van der Waals surface area contributed by atoms with Gasteiger partial charge in [0.2, 0.25) is 5.88 Å². The van der Waals surface area contributed by atoms with Crippen molar-refractivity contribution < 1.29 is 23.5 Å². The highest BCUT2D eigenvalue weighted by atomic mass is 35.5. The van der Waals surface area contributed by atoms with E-state index in [9.17, 15) is 9.59 Å². The highest BCUT2D eigenvalue weighted by molar-refractivity contribution is 6.32. The van der Waals surface area contributed by atoms with E-state index in [2.05, 4.69) is 10.3 Å². The van der Waals surface area contributed by atoms with Crippen molar-refractivity contribution in [3.05, 3.63) is 81.5 Å². The Balaban J connectivity index is 1.70. The maximum Gasteiger partial charge on any atom is 0.280 e. The molecule has 1 spiro atoms. The summed E-state index contributed by atoms with van der Waals surface area (Å²) in [4.78, 5) is 38.8. The molecule has 0 saturated heterocycles. The molecule has 1 N–H and O–H groups in total. The predicted octanol–water partition coefficient (Wildman–Crippen LogP) is 6.24. The zero-order valence-corrected chi connectivity index (χ0v) is 24.0. The molecule has 1 unspecified atom stereocenters. The Kier molecular flexibility index (Phi) is 6.43. The number of halogens is 3. The summed E-state index contributed by atoms with van der Waals surface area (Å²) >= 11 is 12.5. The molecule has 4 heterocycles. The number of carbonyl (C=O) groups is 2. The van der Waals surface area contributed by atoms with Gasteiger partial charge < -0.3 is 19.4 Å². The molecule has 12 heteroatoms. The topological polar surface area (TPSA) is 98.6 Å². The summed E-state index contributed by atoms with van der Waals surface area (Å²) in [5.41, 5.74) is -0.409. The predicted molar refractivity (Wildman–Crippen MR) is 153 cm³/mol. The largest absolute Gasteiger partial charge is 0.496 e. The van der Waals surface area contributed by atoms with Crippen molar-refractivity contribution in [1.29, 1.82) is 0 Å². The smallest absolute Gasteiger partial charge is 0.280 e. The van der Waals surface area contributed by atoms with Gasteiger partial charge >= 0.3 is 0 Å². The van der Waals surface area contributed by atoms with E-state index in [-0.39, 0.29) is 28.1 Å². The van der Waals surface area contributed by atoms with Gasteiger partial charge in [-0.25, -0.2) is 14.4 Å². The third-order valence-electron chi connectivity index (χ3n) is 7.20. The van der Waals surface area contributed by atoms with Gasteiger partial charge in [0, 0.05) is 39.6 Å². The number of hydrogen-bond donors (Lipinski definition) is 1. The first-order valence-corrected chi connectivity index (χ1v) is 13.6. The fourth-order valence-corrected chi connectivity index (χ4v) is 5.98. The number of hydrogen-bond acceptors (Lipinski definition) is 6. The average molecular weight is 596 g/mol. The molecule has 6 rings (SSSR count). The number of nitrogens with zero attached hydrogens (tertiary/aromatic N) is 4. The monoisotopic (exact) mass is 595 g/mol. The molecule has 9 nitrogen and oxygen atoms in total. The van der Waals surface area contributed by atoms with E-state index in [1.165, 1.54) is 19.2 Å². The number of fused-ring (bicyclic) bond motifs is 4. The Hall–Kier alpha value is -4.15. The minimum absolute atomic E-state index is 0.0121. The summed E-state index contributed by atoms with van der Waals surface area (Å²) in [7, 11) is 1.51. The summed E-state index contributed by atoms with van der Waals surface area (Å²) in [6, 6.07) is 10.0. The van der Waals surface area contributed by atoms with Crippen LogP contribution in [0.5, 0.6) is 11.6 Å². The van der Waals surface area contributed by atoms with Crippen molar-refractivity contribution in [2.75, 3.05) is 23.9 Å². The van der Waals surface area contributed by atoms with Crippen LogP contribution in [0.3, 0.4) is 0 Å². The van der Waals surface area contributed by atoms with E-state index in [0.29, 0.717) is 45.9 Å². The zero-order chi connectivity index (χ0) is 29.2. The van der Waals surface area contributed by atoms with Crippen LogP contribution in [-0.4, -0.2) is 40.1 Å². The molecule has 0 saturated carbocycles. The second-order valence-corrected chi connectivity index (χ2v) is 10.7. The maximum absolute atomic E-state index is 15.5. The van der Waals surface area contributed by atoms with Crippen LogP contribution in [0.4, 0.5) is 15.8 Å². The number of anilines is 2. The van der Waals surface area contributed by atoms with Crippen LogP contribution in [0.1, 0.15) is 48.6 Å². The van der Waals surface area contributed by atoms with Gasteiger partial charge in [0.25, 0.3) is 11.8 Å². The van der Waals surface area contributed by atoms with Crippen LogP contribution < -0.4 is 19.7 Å². The quantitative estimate of drug-likeness (QED) is 0.283. The van der Waals surface area contributed by atoms with Crippen molar-refractivity contribution in [3.63, 3.8) is 0 Å². The molecule has 0 aliphatic carbocycles. The van der Waals surface area contributed by atoms with Gasteiger partial charge in [-0.1, -0.05) is 29.3 Å². The Morgan fingerprint density at radius 2 is 1.83 bits per heavy atom. The first kappa shape index (κ1) is 27.0. The van der Waals surface area contributed by atoms with Gasteiger partial charge in [0.1, 0.15) is 17.4 Å². The Bertz CT molecular complexity index is 1760. The number of nitrogens with one attached hydrogen (secondary N) is 1. The lowest BCUT2D eigenvalue weighted by atomic mass is 9.87. The summed E-state index contributed by atoms with van der Waals surface area (Å²) in [6.45, 7) is 6.05. The molecule has 2 aliphatic rings. The number of methoxy groups -OCH3 is 1. The van der Waals surface area contributed by atoms with Gasteiger partial charge in [0.05, 0.1) is 30.7 Å². The van der Waals surface area contributed by atoms with Crippen LogP contribution in [0.15, 0.2) is 48.7 Å². The van der Waals surface area contributed by atoms with Gasteiger partial charge in [-0.05, 0) is 51.1 Å². The second kappa shape index (κ2) is 9.74. The highest BCUT2D eigenvalue weighted by Crippen LogP contribution is 2.55. The SMILES string of the molecule is CCOc1cc(OC)c(-c2nc3c(n2C(C)C)C2(C(=O)Nc4cc(Cl)ccc42)N(c2cc(Cl)ccc2F)C3=O)cn1. The maximum atomic E-state index is 15.5. The van der Waals surface area contributed by atoms with Crippen molar-refractivity contribution in [2.45, 2.75) is 32.4 Å². The number of imidazole rings is 1. The lowest BCUT2D eigenvalue weighted by Crippen LogP contribution is -2.51. The van der Waals surface area contributed by atoms with Gasteiger partial charge in [-0.2, -0.15) is 0 Å². The normalized spacial score (nSPS) is 17.3. The first-order chi connectivity index (χ1) is 19.6. The molecular formula is C29H24Cl2FN5O4. The van der Waals surface area contributed by atoms with Crippen LogP contribution in [0.2, 0.25) is 10.0 Å². The second-order valence-electron chi connectivity index (χ2n) is 9.84. The number of rotatable bonds is 6. The average Bonchev–Trinajstić information content (AvgIpc) is 3.54. The van der Waals surface area contributed by atoms with E-state index >= 15 is 4.39 Å². The molecule has 4 aromatic rings. The van der Waals surface area contributed by atoms with E-state index in [1.54, 1.807) is 35.0 Å². The molecule has 0 fully saturated rings. The fourth-order valence-electron chi connectivity index (χ4n) is 5.64. The van der Waals surface area contributed by atoms with Crippen molar-refractivity contribution in [3.8, 4) is 23.0 Å².